The van der Waals surface area contributed by atoms with E-state index in [2.05, 4.69) is 5.32 Å². The zero-order valence-corrected chi connectivity index (χ0v) is 9.73. The summed E-state index contributed by atoms with van der Waals surface area (Å²) in [6, 6.07) is -0.122. The summed E-state index contributed by atoms with van der Waals surface area (Å²) in [5.74, 6) is -0.964. The molecule has 0 aliphatic carbocycles. The van der Waals surface area contributed by atoms with Gasteiger partial charge >= 0.3 is 5.97 Å². The monoisotopic (exact) mass is 229 g/mol. The molecular formula is C11H19NO4. The molecule has 1 fully saturated rings. The third-order valence-corrected chi connectivity index (χ3v) is 2.70. The van der Waals surface area contributed by atoms with Crippen LogP contribution in [-0.2, 0) is 14.3 Å². The molecule has 1 rings (SSSR count). The van der Waals surface area contributed by atoms with Gasteiger partial charge in [-0.25, -0.2) is 0 Å². The van der Waals surface area contributed by atoms with Gasteiger partial charge in [-0.05, 0) is 33.1 Å². The lowest BCUT2D eigenvalue weighted by Crippen LogP contribution is -2.40. The molecule has 16 heavy (non-hydrogen) atoms. The van der Waals surface area contributed by atoms with Crippen molar-refractivity contribution in [2.24, 2.45) is 0 Å². The molecule has 0 saturated carbocycles. The van der Waals surface area contributed by atoms with Crippen LogP contribution in [0.15, 0.2) is 0 Å². The second kappa shape index (κ2) is 5.84. The minimum Gasteiger partial charge on any atom is -0.481 e. The van der Waals surface area contributed by atoms with Crippen molar-refractivity contribution in [2.75, 3.05) is 0 Å². The van der Waals surface area contributed by atoms with Gasteiger partial charge in [0.15, 0.2) is 0 Å². The summed E-state index contributed by atoms with van der Waals surface area (Å²) in [5, 5.41) is 11.3. The fraction of sp³-hybridized carbons (Fsp3) is 0.818. The molecule has 2 N–H and O–H groups in total. The Kier molecular flexibility index (Phi) is 4.73. The first-order chi connectivity index (χ1) is 7.49. The quantitative estimate of drug-likeness (QED) is 0.735. The summed E-state index contributed by atoms with van der Waals surface area (Å²) in [6.45, 7) is 3.75. The standard InChI is InChI=1S/C11H19NO4/c1-7(3-6-10(13)14)12-11(15)9-5-4-8(2)16-9/h7-9H,3-6H2,1-2H3,(H,12,15)(H,13,14). The second-order valence-corrected chi connectivity index (χ2v) is 4.35. The molecule has 0 aromatic carbocycles. The van der Waals surface area contributed by atoms with E-state index in [9.17, 15) is 9.59 Å². The molecule has 3 unspecified atom stereocenters. The third kappa shape index (κ3) is 4.18. The van der Waals surface area contributed by atoms with Crippen molar-refractivity contribution in [3.63, 3.8) is 0 Å². The number of hydrogen-bond acceptors (Lipinski definition) is 3. The maximum Gasteiger partial charge on any atom is 0.303 e. The van der Waals surface area contributed by atoms with E-state index in [0.717, 1.165) is 12.8 Å². The fourth-order valence-electron chi connectivity index (χ4n) is 1.74. The number of carbonyl (C=O) groups is 2. The maximum atomic E-state index is 11.7. The van der Waals surface area contributed by atoms with Crippen LogP contribution in [0.4, 0.5) is 0 Å². The number of hydrogen-bond donors (Lipinski definition) is 2. The smallest absolute Gasteiger partial charge is 0.303 e. The Balaban J connectivity index is 2.25. The van der Waals surface area contributed by atoms with E-state index in [-0.39, 0.29) is 30.6 Å². The van der Waals surface area contributed by atoms with E-state index in [4.69, 9.17) is 9.84 Å². The largest absolute Gasteiger partial charge is 0.481 e. The molecular weight excluding hydrogens is 210 g/mol. The van der Waals surface area contributed by atoms with E-state index < -0.39 is 5.97 Å². The predicted molar refractivity (Wildman–Crippen MR) is 58.0 cm³/mol. The van der Waals surface area contributed by atoms with Crippen LogP contribution < -0.4 is 5.32 Å². The molecule has 5 nitrogen and oxygen atoms in total. The van der Waals surface area contributed by atoms with Crippen LogP contribution in [0.5, 0.6) is 0 Å². The summed E-state index contributed by atoms with van der Waals surface area (Å²) in [4.78, 5) is 22.0. The van der Waals surface area contributed by atoms with Gasteiger partial charge in [0, 0.05) is 12.5 Å². The van der Waals surface area contributed by atoms with Crippen LogP contribution in [0.25, 0.3) is 0 Å². The Hall–Kier alpha value is -1.10. The average molecular weight is 229 g/mol. The molecule has 1 heterocycles. The molecule has 0 aromatic heterocycles. The Morgan fingerprint density at radius 3 is 2.69 bits per heavy atom. The molecule has 1 aliphatic rings. The summed E-state index contributed by atoms with van der Waals surface area (Å²) in [5.41, 5.74) is 0. The number of nitrogens with one attached hydrogen (secondary N) is 1. The number of aliphatic carboxylic acids is 1. The van der Waals surface area contributed by atoms with Crippen LogP contribution in [0.1, 0.15) is 39.5 Å². The van der Waals surface area contributed by atoms with Gasteiger partial charge in [0.1, 0.15) is 6.10 Å². The fourth-order valence-corrected chi connectivity index (χ4v) is 1.74. The highest BCUT2D eigenvalue weighted by Gasteiger charge is 2.28. The van der Waals surface area contributed by atoms with Crippen LogP contribution in [0, 0.1) is 0 Å². The molecule has 0 aromatic rings. The summed E-state index contributed by atoms with van der Waals surface area (Å²) in [7, 11) is 0. The summed E-state index contributed by atoms with van der Waals surface area (Å²) < 4.78 is 5.42. The molecule has 1 aliphatic heterocycles. The van der Waals surface area contributed by atoms with Crippen LogP contribution in [0.3, 0.4) is 0 Å². The summed E-state index contributed by atoms with van der Waals surface area (Å²) >= 11 is 0. The topological polar surface area (TPSA) is 75.6 Å². The van der Waals surface area contributed by atoms with E-state index in [1.54, 1.807) is 6.92 Å². The Morgan fingerprint density at radius 1 is 1.50 bits per heavy atom. The number of amides is 1. The van der Waals surface area contributed by atoms with Crippen molar-refractivity contribution in [1.29, 1.82) is 0 Å². The lowest BCUT2D eigenvalue weighted by atomic mass is 10.1. The van der Waals surface area contributed by atoms with Gasteiger partial charge in [0.25, 0.3) is 0 Å². The Bertz CT molecular complexity index is 267. The van der Waals surface area contributed by atoms with Gasteiger partial charge < -0.3 is 15.2 Å². The molecule has 1 amide bonds. The van der Waals surface area contributed by atoms with Gasteiger partial charge in [-0.2, -0.15) is 0 Å². The molecule has 0 radical (unpaired) electrons. The van der Waals surface area contributed by atoms with Crippen molar-refractivity contribution in [3.05, 3.63) is 0 Å². The normalized spacial score (nSPS) is 26.4. The highest BCUT2D eigenvalue weighted by Crippen LogP contribution is 2.19. The van der Waals surface area contributed by atoms with Gasteiger partial charge in [0.2, 0.25) is 5.91 Å². The predicted octanol–water partition coefficient (Wildman–Crippen LogP) is 0.923. The molecule has 1 saturated heterocycles. The zero-order chi connectivity index (χ0) is 12.1. The SMILES string of the molecule is CC(CCC(=O)O)NC(=O)C1CCC(C)O1. The number of carboxylic acids is 1. The highest BCUT2D eigenvalue weighted by atomic mass is 16.5. The van der Waals surface area contributed by atoms with E-state index in [1.165, 1.54) is 0 Å². The number of rotatable bonds is 5. The van der Waals surface area contributed by atoms with Gasteiger partial charge in [0.05, 0.1) is 6.10 Å². The van der Waals surface area contributed by atoms with E-state index in [1.807, 2.05) is 6.92 Å². The first-order valence-electron chi connectivity index (χ1n) is 5.66. The molecule has 0 spiro atoms. The van der Waals surface area contributed by atoms with Gasteiger partial charge in [-0.1, -0.05) is 0 Å². The minimum absolute atomic E-state index is 0.0728. The average Bonchev–Trinajstić information content (AvgIpc) is 2.62. The van der Waals surface area contributed by atoms with Crippen molar-refractivity contribution in [2.45, 2.75) is 57.8 Å². The first kappa shape index (κ1) is 13.0. The number of carboxylic acid groups (broad SMARTS) is 1. The third-order valence-electron chi connectivity index (χ3n) is 2.70. The molecule has 5 heteroatoms. The lowest BCUT2D eigenvalue weighted by Gasteiger charge is -2.16. The Labute approximate surface area is 95.2 Å². The van der Waals surface area contributed by atoms with Crippen LogP contribution >= 0.6 is 0 Å². The van der Waals surface area contributed by atoms with E-state index >= 15 is 0 Å². The summed E-state index contributed by atoms with van der Waals surface area (Å²) in [6.07, 6.45) is 1.96. The Morgan fingerprint density at radius 2 is 2.19 bits per heavy atom. The second-order valence-electron chi connectivity index (χ2n) is 4.35. The van der Waals surface area contributed by atoms with Gasteiger partial charge in [-0.3, -0.25) is 9.59 Å². The zero-order valence-electron chi connectivity index (χ0n) is 9.73. The van der Waals surface area contributed by atoms with Gasteiger partial charge in [-0.15, -0.1) is 0 Å². The number of carbonyl (C=O) groups excluding carboxylic acids is 1. The lowest BCUT2D eigenvalue weighted by molar-refractivity contribution is -0.138. The first-order valence-corrected chi connectivity index (χ1v) is 5.66. The molecule has 3 atom stereocenters. The van der Waals surface area contributed by atoms with Crippen molar-refractivity contribution in [1.82, 2.24) is 5.32 Å². The van der Waals surface area contributed by atoms with Crippen molar-refractivity contribution < 1.29 is 19.4 Å². The van der Waals surface area contributed by atoms with E-state index in [0.29, 0.717) is 6.42 Å². The van der Waals surface area contributed by atoms with Crippen LogP contribution in [0.2, 0.25) is 0 Å². The molecule has 0 bridgehead atoms. The van der Waals surface area contributed by atoms with Crippen molar-refractivity contribution >= 4 is 11.9 Å². The maximum absolute atomic E-state index is 11.7. The van der Waals surface area contributed by atoms with Crippen molar-refractivity contribution in [3.8, 4) is 0 Å². The van der Waals surface area contributed by atoms with Crippen LogP contribution in [-0.4, -0.2) is 35.2 Å². The molecule has 92 valence electrons. The number of ether oxygens (including phenoxy) is 1. The highest BCUT2D eigenvalue weighted by molar-refractivity contribution is 5.81. The minimum atomic E-state index is -0.841.